The number of nitrogens with one attached hydrogen (secondary N) is 2. The van der Waals surface area contributed by atoms with Gasteiger partial charge in [-0.05, 0) is 42.5 Å². The first-order valence-corrected chi connectivity index (χ1v) is 8.59. The molecule has 27 heavy (non-hydrogen) atoms. The summed E-state index contributed by atoms with van der Waals surface area (Å²) >= 11 is 0. The fourth-order valence-electron chi connectivity index (χ4n) is 3.01. The number of ether oxygens (including phenoxy) is 1. The third kappa shape index (κ3) is 4.44. The van der Waals surface area contributed by atoms with Gasteiger partial charge in [0.05, 0.1) is 13.0 Å². The van der Waals surface area contributed by atoms with E-state index in [9.17, 15) is 14.4 Å². The van der Waals surface area contributed by atoms with E-state index in [1.807, 2.05) is 0 Å². The molecule has 1 fully saturated rings. The van der Waals surface area contributed by atoms with E-state index in [1.54, 1.807) is 60.5 Å². The summed E-state index contributed by atoms with van der Waals surface area (Å²) < 4.78 is 5.09. The molecule has 1 heterocycles. The number of carbonyl (C=O) groups excluding carboxylic acids is 3. The molecular formula is C20H21N3O4. The highest BCUT2D eigenvalue weighted by molar-refractivity contribution is 6.04. The van der Waals surface area contributed by atoms with E-state index in [0.717, 1.165) is 0 Å². The Kier molecular flexibility index (Phi) is 5.40. The Bertz CT molecular complexity index is 864. The summed E-state index contributed by atoms with van der Waals surface area (Å²) in [6.07, 6.45) is 0.145. The van der Waals surface area contributed by atoms with E-state index < -0.39 is 5.92 Å². The number of amides is 3. The smallest absolute Gasteiger partial charge is 0.229 e. The second-order valence-electron chi connectivity index (χ2n) is 6.35. The van der Waals surface area contributed by atoms with Gasteiger partial charge >= 0.3 is 0 Å². The lowest BCUT2D eigenvalue weighted by Crippen LogP contribution is -2.28. The van der Waals surface area contributed by atoms with Crippen molar-refractivity contribution in [2.45, 2.75) is 13.3 Å². The maximum Gasteiger partial charge on any atom is 0.229 e. The van der Waals surface area contributed by atoms with Crippen LogP contribution in [-0.4, -0.2) is 31.4 Å². The number of benzene rings is 2. The number of hydrogen-bond acceptors (Lipinski definition) is 4. The van der Waals surface area contributed by atoms with Gasteiger partial charge in [-0.3, -0.25) is 14.4 Å². The molecule has 3 rings (SSSR count). The Morgan fingerprint density at radius 3 is 2.48 bits per heavy atom. The van der Waals surface area contributed by atoms with Crippen molar-refractivity contribution in [3.05, 3.63) is 48.5 Å². The minimum Gasteiger partial charge on any atom is -0.497 e. The van der Waals surface area contributed by atoms with Crippen LogP contribution in [0.25, 0.3) is 0 Å². The van der Waals surface area contributed by atoms with E-state index >= 15 is 0 Å². The van der Waals surface area contributed by atoms with Gasteiger partial charge in [-0.25, -0.2) is 0 Å². The first kappa shape index (κ1) is 18.4. The van der Waals surface area contributed by atoms with Crippen LogP contribution in [0.1, 0.15) is 13.3 Å². The lowest BCUT2D eigenvalue weighted by atomic mass is 10.1. The fourth-order valence-corrected chi connectivity index (χ4v) is 3.01. The van der Waals surface area contributed by atoms with Crippen molar-refractivity contribution >= 4 is 34.8 Å². The van der Waals surface area contributed by atoms with Crippen LogP contribution in [-0.2, 0) is 14.4 Å². The van der Waals surface area contributed by atoms with Crippen molar-refractivity contribution < 1.29 is 19.1 Å². The molecule has 0 radical (unpaired) electrons. The van der Waals surface area contributed by atoms with Crippen LogP contribution < -0.4 is 20.3 Å². The van der Waals surface area contributed by atoms with Crippen LogP contribution >= 0.6 is 0 Å². The second-order valence-corrected chi connectivity index (χ2v) is 6.35. The highest BCUT2D eigenvalue weighted by atomic mass is 16.5. The predicted octanol–water partition coefficient (Wildman–Crippen LogP) is 2.65. The number of carbonyl (C=O) groups is 3. The molecule has 3 amide bonds. The summed E-state index contributed by atoms with van der Waals surface area (Å²) in [5.74, 6) is -0.242. The molecule has 1 atom stereocenters. The highest BCUT2D eigenvalue weighted by Crippen LogP contribution is 2.28. The average molecular weight is 367 g/mol. The molecule has 1 aliphatic heterocycles. The van der Waals surface area contributed by atoms with Crippen LogP contribution in [0, 0.1) is 5.92 Å². The van der Waals surface area contributed by atoms with Gasteiger partial charge in [0.2, 0.25) is 17.7 Å². The molecule has 0 unspecified atom stereocenters. The van der Waals surface area contributed by atoms with Gasteiger partial charge in [0.1, 0.15) is 5.75 Å². The zero-order valence-electron chi connectivity index (χ0n) is 15.2. The van der Waals surface area contributed by atoms with E-state index in [1.165, 1.54) is 6.92 Å². The van der Waals surface area contributed by atoms with Crippen molar-refractivity contribution in [2.24, 2.45) is 5.92 Å². The molecule has 7 heteroatoms. The minimum absolute atomic E-state index is 0.121. The van der Waals surface area contributed by atoms with Gasteiger partial charge in [0, 0.05) is 37.0 Å². The Morgan fingerprint density at radius 2 is 1.81 bits per heavy atom. The number of anilines is 3. The maximum atomic E-state index is 12.5. The Balaban J connectivity index is 1.67. The van der Waals surface area contributed by atoms with Crippen LogP contribution in [0.5, 0.6) is 5.75 Å². The number of nitrogens with zero attached hydrogens (tertiary/aromatic N) is 1. The van der Waals surface area contributed by atoms with Crippen LogP contribution in [0.3, 0.4) is 0 Å². The normalized spacial score (nSPS) is 16.1. The average Bonchev–Trinajstić information content (AvgIpc) is 3.04. The predicted molar refractivity (Wildman–Crippen MR) is 103 cm³/mol. The minimum atomic E-state index is -0.441. The molecule has 0 saturated carbocycles. The van der Waals surface area contributed by atoms with Crippen molar-refractivity contribution in [1.29, 1.82) is 0 Å². The van der Waals surface area contributed by atoms with Crippen LogP contribution in [0.2, 0.25) is 0 Å². The topological polar surface area (TPSA) is 87.7 Å². The molecule has 0 aromatic heterocycles. The first-order valence-electron chi connectivity index (χ1n) is 8.59. The van der Waals surface area contributed by atoms with E-state index in [-0.39, 0.29) is 24.1 Å². The van der Waals surface area contributed by atoms with Gasteiger partial charge < -0.3 is 20.3 Å². The van der Waals surface area contributed by atoms with Gasteiger partial charge in [-0.2, -0.15) is 0 Å². The zero-order chi connectivity index (χ0) is 19.4. The first-order chi connectivity index (χ1) is 13.0. The molecule has 1 aliphatic rings. The largest absolute Gasteiger partial charge is 0.497 e. The lowest BCUT2D eigenvalue weighted by Gasteiger charge is -2.18. The molecule has 0 bridgehead atoms. The van der Waals surface area contributed by atoms with Crippen LogP contribution in [0.15, 0.2) is 48.5 Å². The summed E-state index contributed by atoms with van der Waals surface area (Å²) in [5.41, 5.74) is 1.92. The van der Waals surface area contributed by atoms with Crippen molar-refractivity contribution in [3.8, 4) is 5.75 Å². The Labute approximate surface area is 157 Å². The molecule has 0 spiro atoms. The molecule has 2 aromatic carbocycles. The van der Waals surface area contributed by atoms with Crippen LogP contribution in [0.4, 0.5) is 17.1 Å². The lowest BCUT2D eigenvalue weighted by molar-refractivity contribution is -0.122. The number of methoxy groups -OCH3 is 1. The standard InChI is InChI=1S/C20H21N3O4/c1-13(24)21-16-4-3-5-17(11-16)23-12-14(10-19(23)25)20(26)22-15-6-8-18(27-2)9-7-15/h3-9,11,14H,10,12H2,1-2H3,(H,21,24)(H,22,26)/t14-/m1/s1. The van der Waals surface area contributed by atoms with Crippen molar-refractivity contribution in [2.75, 3.05) is 29.2 Å². The number of hydrogen-bond donors (Lipinski definition) is 2. The SMILES string of the molecule is COc1ccc(NC(=O)[C@@H]2CC(=O)N(c3cccc(NC(C)=O)c3)C2)cc1. The molecule has 2 aromatic rings. The third-order valence-corrected chi connectivity index (χ3v) is 4.33. The quantitative estimate of drug-likeness (QED) is 0.850. The van der Waals surface area contributed by atoms with Gasteiger partial charge in [0.25, 0.3) is 0 Å². The van der Waals surface area contributed by atoms with E-state index in [2.05, 4.69) is 10.6 Å². The molecule has 7 nitrogen and oxygen atoms in total. The molecule has 140 valence electrons. The summed E-state index contributed by atoms with van der Waals surface area (Å²) in [6, 6.07) is 14.0. The summed E-state index contributed by atoms with van der Waals surface area (Å²) in [6.45, 7) is 1.72. The highest BCUT2D eigenvalue weighted by Gasteiger charge is 2.35. The molecule has 2 N–H and O–H groups in total. The molecule has 1 saturated heterocycles. The second kappa shape index (κ2) is 7.90. The van der Waals surface area contributed by atoms with Gasteiger partial charge in [-0.1, -0.05) is 6.07 Å². The fraction of sp³-hybridized carbons (Fsp3) is 0.250. The van der Waals surface area contributed by atoms with E-state index in [0.29, 0.717) is 29.4 Å². The summed E-state index contributed by atoms with van der Waals surface area (Å²) in [4.78, 5) is 37.7. The van der Waals surface area contributed by atoms with Gasteiger partial charge in [0.15, 0.2) is 0 Å². The third-order valence-electron chi connectivity index (χ3n) is 4.33. The summed E-state index contributed by atoms with van der Waals surface area (Å²) in [7, 11) is 1.58. The monoisotopic (exact) mass is 367 g/mol. The molecular weight excluding hydrogens is 346 g/mol. The summed E-state index contributed by atoms with van der Waals surface area (Å²) in [5, 5.41) is 5.53. The molecule has 0 aliphatic carbocycles. The maximum absolute atomic E-state index is 12.5. The Morgan fingerprint density at radius 1 is 1.07 bits per heavy atom. The Hall–Kier alpha value is -3.35. The van der Waals surface area contributed by atoms with Crippen molar-refractivity contribution in [3.63, 3.8) is 0 Å². The van der Waals surface area contributed by atoms with Crippen molar-refractivity contribution in [1.82, 2.24) is 0 Å². The van der Waals surface area contributed by atoms with Gasteiger partial charge in [-0.15, -0.1) is 0 Å². The number of rotatable bonds is 5. The van der Waals surface area contributed by atoms with E-state index in [4.69, 9.17) is 4.74 Å². The zero-order valence-corrected chi connectivity index (χ0v) is 15.2.